The van der Waals surface area contributed by atoms with Gasteiger partial charge in [0.1, 0.15) is 0 Å². The third kappa shape index (κ3) is 4.16. The van der Waals surface area contributed by atoms with Gasteiger partial charge in [-0.15, -0.1) is 11.6 Å². The molecule has 0 unspecified atom stereocenters. The molecule has 0 aromatic carbocycles. The van der Waals surface area contributed by atoms with Crippen LogP contribution in [0.5, 0.6) is 0 Å². The Morgan fingerprint density at radius 3 is 2.29 bits per heavy atom. The summed E-state index contributed by atoms with van der Waals surface area (Å²) >= 11 is 5.74. The Morgan fingerprint density at radius 1 is 1.14 bits per heavy atom. The summed E-state index contributed by atoms with van der Waals surface area (Å²) in [7, 11) is 4.28. The van der Waals surface area contributed by atoms with Gasteiger partial charge >= 0.3 is 0 Å². The van der Waals surface area contributed by atoms with Crippen LogP contribution in [-0.4, -0.2) is 55.5 Å². The van der Waals surface area contributed by atoms with Crippen molar-refractivity contribution in [2.24, 2.45) is 0 Å². The molecular formula is C11H23ClN2. The molecule has 0 heterocycles. The molecule has 0 amide bonds. The van der Waals surface area contributed by atoms with Gasteiger partial charge in [-0.25, -0.2) is 0 Å². The summed E-state index contributed by atoms with van der Waals surface area (Å²) in [5.74, 6) is 0.797. The Morgan fingerprint density at radius 2 is 1.86 bits per heavy atom. The van der Waals surface area contributed by atoms with Crippen molar-refractivity contribution in [3.05, 3.63) is 0 Å². The molecule has 0 bridgehead atoms. The van der Waals surface area contributed by atoms with Crippen LogP contribution in [0.4, 0.5) is 0 Å². The SMILES string of the molecule is CN(C)CCN(CCCCl)C1CCC1. The highest BCUT2D eigenvalue weighted by Gasteiger charge is 2.23. The van der Waals surface area contributed by atoms with Crippen LogP contribution in [0.2, 0.25) is 0 Å². The van der Waals surface area contributed by atoms with Crippen molar-refractivity contribution in [1.82, 2.24) is 9.80 Å². The smallest absolute Gasteiger partial charge is 0.0235 e. The zero-order chi connectivity index (χ0) is 10.4. The number of rotatable bonds is 7. The molecule has 0 N–H and O–H groups in total. The van der Waals surface area contributed by atoms with E-state index in [1.165, 1.54) is 38.9 Å². The third-order valence-corrected chi connectivity index (χ3v) is 3.27. The molecule has 1 saturated carbocycles. The lowest BCUT2D eigenvalue weighted by Gasteiger charge is -2.38. The van der Waals surface area contributed by atoms with E-state index in [-0.39, 0.29) is 0 Å². The Kier molecular flexibility index (Phi) is 5.83. The highest BCUT2D eigenvalue weighted by molar-refractivity contribution is 6.17. The molecule has 0 aliphatic heterocycles. The van der Waals surface area contributed by atoms with Crippen LogP contribution in [0.1, 0.15) is 25.7 Å². The van der Waals surface area contributed by atoms with Gasteiger partial charge in [0.25, 0.3) is 0 Å². The molecule has 1 aliphatic rings. The molecule has 0 saturated heterocycles. The lowest BCUT2D eigenvalue weighted by molar-refractivity contribution is 0.118. The van der Waals surface area contributed by atoms with E-state index in [1.807, 2.05) is 0 Å². The van der Waals surface area contributed by atoms with Crippen molar-refractivity contribution in [3.63, 3.8) is 0 Å². The molecule has 14 heavy (non-hydrogen) atoms. The van der Waals surface area contributed by atoms with Crippen molar-refractivity contribution in [2.45, 2.75) is 31.7 Å². The number of hydrogen-bond acceptors (Lipinski definition) is 2. The quantitative estimate of drug-likeness (QED) is 0.604. The second kappa shape index (κ2) is 6.65. The van der Waals surface area contributed by atoms with Crippen molar-refractivity contribution >= 4 is 11.6 Å². The minimum absolute atomic E-state index is 0.797. The molecule has 84 valence electrons. The first-order valence-electron chi connectivity index (χ1n) is 5.69. The van der Waals surface area contributed by atoms with E-state index >= 15 is 0 Å². The number of hydrogen-bond donors (Lipinski definition) is 0. The van der Waals surface area contributed by atoms with Gasteiger partial charge in [0.05, 0.1) is 0 Å². The first-order chi connectivity index (χ1) is 6.74. The Hall–Kier alpha value is 0.210. The van der Waals surface area contributed by atoms with E-state index in [0.29, 0.717) is 0 Å². The molecule has 3 heteroatoms. The van der Waals surface area contributed by atoms with Gasteiger partial charge < -0.3 is 4.90 Å². The molecule has 0 aromatic heterocycles. The average Bonchev–Trinajstić information content (AvgIpc) is 2.06. The second-order valence-corrected chi connectivity index (χ2v) is 4.84. The summed E-state index contributed by atoms with van der Waals surface area (Å²) in [4.78, 5) is 4.87. The molecule has 0 aromatic rings. The molecule has 1 fully saturated rings. The van der Waals surface area contributed by atoms with Crippen LogP contribution in [0.15, 0.2) is 0 Å². The van der Waals surface area contributed by atoms with Gasteiger partial charge in [-0.1, -0.05) is 6.42 Å². The minimum Gasteiger partial charge on any atom is -0.308 e. The maximum absolute atomic E-state index is 5.74. The first-order valence-corrected chi connectivity index (χ1v) is 6.22. The highest BCUT2D eigenvalue weighted by atomic mass is 35.5. The van der Waals surface area contributed by atoms with E-state index in [2.05, 4.69) is 23.9 Å². The zero-order valence-electron chi connectivity index (χ0n) is 9.51. The summed E-state index contributed by atoms with van der Waals surface area (Å²) in [6, 6.07) is 0.859. The highest BCUT2D eigenvalue weighted by Crippen LogP contribution is 2.24. The monoisotopic (exact) mass is 218 g/mol. The molecule has 0 spiro atoms. The summed E-state index contributed by atoms with van der Waals surface area (Å²) in [5, 5.41) is 0. The molecular weight excluding hydrogens is 196 g/mol. The Bertz CT molecular complexity index is 146. The van der Waals surface area contributed by atoms with Gasteiger partial charge in [0, 0.05) is 25.0 Å². The van der Waals surface area contributed by atoms with E-state index in [1.54, 1.807) is 0 Å². The zero-order valence-corrected chi connectivity index (χ0v) is 10.3. The van der Waals surface area contributed by atoms with Gasteiger partial charge in [-0.3, -0.25) is 4.90 Å². The molecule has 1 aliphatic carbocycles. The fourth-order valence-corrected chi connectivity index (χ4v) is 1.94. The van der Waals surface area contributed by atoms with Crippen LogP contribution in [0.25, 0.3) is 0 Å². The predicted molar refractivity (Wildman–Crippen MR) is 63.1 cm³/mol. The molecule has 0 radical (unpaired) electrons. The Labute approximate surface area is 93.2 Å². The molecule has 2 nitrogen and oxygen atoms in total. The third-order valence-electron chi connectivity index (χ3n) is 3.00. The van der Waals surface area contributed by atoms with Crippen LogP contribution in [0, 0.1) is 0 Å². The standard InChI is InChI=1S/C11H23ClN2/c1-13(2)9-10-14(8-4-7-12)11-5-3-6-11/h11H,3-10H2,1-2H3. The van der Waals surface area contributed by atoms with Crippen LogP contribution >= 0.6 is 11.6 Å². The molecule has 0 atom stereocenters. The van der Waals surface area contributed by atoms with Crippen LogP contribution in [0.3, 0.4) is 0 Å². The van der Waals surface area contributed by atoms with Crippen molar-refractivity contribution < 1.29 is 0 Å². The van der Waals surface area contributed by atoms with E-state index in [9.17, 15) is 0 Å². The maximum Gasteiger partial charge on any atom is 0.0235 e. The lowest BCUT2D eigenvalue weighted by atomic mass is 9.91. The van der Waals surface area contributed by atoms with Crippen LogP contribution < -0.4 is 0 Å². The normalized spacial score (nSPS) is 17.8. The minimum atomic E-state index is 0.797. The van der Waals surface area contributed by atoms with Gasteiger partial charge in [-0.2, -0.15) is 0 Å². The number of likely N-dealkylation sites (N-methyl/N-ethyl adjacent to an activating group) is 1. The van der Waals surface area contributed by atoms with Gasteiger partial charge in [0.15, 0.2) is 0 Å². The van der Waals surface area contributed by atoms with Crippen LogP contribution in [-0.2, 0) is 0 Å². The fourth-order valence-electron chi connectivity index (χ4n) is 1.82. The summed E-state index contributed by atoms with van der Waals surface area (Å²) < 4.78 is 0. The second-order valence-electron chi connectivity index (χ2n) is 4.47. The van der Waals surface area contributed by atoms with Crippen molar-refractivity contribution in [1.29, 1.82) is 0 Å². The summed E-state index contributed by atoms with van der Waals surface area (Å²) in [6.45, 7) is 3.55. The van der Waals surface area contributed by atoms with E-state index in [0.717, 1.165) is 18.3 Å². The van der Waals surface area contributed by atoms with Gasteiger partial charge in [0.2, 0.25) is 0 Å². The maximum atomic E-state index is 5.74. The average molecular weight is 219 g/mol. The Balaban J connectivity index is 2.20. The topological polar surface area (TPSA) is 6.48 Å². The first kappa shape index (κ1) is 12.3. The van der Waals surface area contributed by atoms with Crippen molar-refractivity contribution in [2.75, 3.05) is 39.6 Å². The summed E-state index contributed by atoms with van der Waals surface area (Å²) in [6.07, 6.45) is 5.35. The van der Waals surface area contributed by atoms with Gasteiger partial charge in [-0.05, 0) is 39.9 Å². The number of halogens is 1. The largest absolute Gasteiger partial charge is 0.308 e. The summed E-state index contributed by atoms with van der Waals surface area (Å²) in [5.41, 5.74) is 0. The number of alkyl halides is 1. The van der Waals surface area contributed by atoms with E-state index in [4.69, 9.17) is 11.6 Å². The lowest BCUT2D eigenvalue weighted by Crippen LogP contribution is -2.44. The fraction of sp³-hybridized carbons (Fsp3) is 1.00. The molecule has 1 rings (SSSR count). The predicted octanol–water partition coefficient (Wildman–Crippen LogP) is 2.03. The van der Waals surface area contributed by atoms with E-state index < -0.39 is 0 Å². The van der Waals surface area contributed by atoms with Crippen molar-refractivity contribution in [3.8, 4) is 0 Å². The number of nitrogens with zero attached hydrogens (tertiary/aromatic N) is 2.